The van der Waals surface area contributed by atoms with Crippen molar-refractivity contribution in [2.75, 3.05) is 40.3 Å². The zero-order valence-corrected chi connectivity index (χ0v) is 13.9. The minimum Gasteiger partial charge on any atom is -0.429 e. The van der Waals surface area contributed by atoms with Gasteiger partial charge in [-0.3, -0.25) is 4.90 Å². The molecule has 1 aliphatic heterocycles. The van der Waals surface area contributed by atoms with Gasteiger partial charge in [0, 0.05) is 38.3 Å². The van der Waals surface area contributed by atoms with E-state index in [4.69, 9.17) is 9.15 Å². The quantitative estimate of drug-likeness (QED) is 0.886. The van der Waals surface area contributed by atoms with Crippen LogP contribution in [0.25, 0.3) is 0 Å². The van der Waals surface area contributed by atoms with Gasteiger partial charge >= 0.3 is 0 Å². The summed E-state index contributed by atoms with van der Waals surface area (Å²) in [4.78, 5) is 4.80. The second-order valence-corrected chi connectivity index (χ2v) is 6.16. The molecule has 5 heteroatoms. The molecule has 1 aromatic heterocycles. The average molecular weight is 315 g/mol. The van der Waals surface area contributed by atoms with Crippen LogP contribution in [0.1, 0.15) is 5.76 Å². The van der Waals surface area contributed by atoms with E-state index in [0.29, 0.717) is 18.5 Å². The molecule has 2 heterocycles. The maximum atomic E-state index is 5.72. The zero-order valence-electron chi connectivity index (χ0n) is 13.9. The molecule has 1 aromatic carbocycles. The molecule has 1 aliphatic rings. The number of nitrogens with zero attached hydrogens (tertiary/aromatic N) is 2. The van der Waals surface area contributed by atoms with Crippen LogP contribution in [0, 0.1) is 0 Å². The number of ether oxygens (including phenoxy) is 1. The Balaban J connectivity index is 1.46. The largest absolute Gasteiger partial charge is 0.429 e. The van der Waals surface area contributed by atoms with Crippen LogP contribution >= 0.6 is 0 Å². The summed E-state index contributed by atoms with van der Waals surface area (Å²) in [5, 5.41) is 3.48. The Labute approximate surface area is 137 Å². The number of para-hydroxylation sites is 1. The summed E-state index contributed by atoms with van der Waals surface area (Å²) < 4.78 is 11.4. The Morgan fingerprint density at radius 1 is 1.13 bits per heavy atom. The summed E-state index contributed by atoms with van der Waals surface area (Å²) in [6.07, 6.45) is 0. The molecule has 124 valence electrons. The van der Waals surface area contributed by atoms with Gasteiger partial charge < -0.3 is 19.4 Å². The first kappa shape index (κ1) is 16.1. The van der Waals surface area contributed by atoms with E-state index in [1.807, 2.05) is 42.5 Å². The van der Waals surface area contributed by atoms with Crippen LogP contribution in [0.3, 0.4) is 0 Å². The molecule has 2 aromatic rings. The van der Waals surface area contributed by atoms with E-state index in [1.165, 1.54) is 0 Å². The van der Waals surface area contributed by atoms with E-state index >= 15 is 0 Å². The number of rotatable bonds is 6. The molecule has 23 heavy (non-hydrogen) atoms. The van der Waals surface area contributed by atoms with E-state index in [2.05, 4.69) is 29.2 Å². The zero-order chi connectivity index (χ0) is 16.1. The van der Waals surface area contributed by atoms with Gasteiger partial charge in [0.1, 0.15) is 11.5 Å². The van der Waals surface area contributed by atoms with Crippen LogP contribution in [0.5, 0.6) is 11.7 Å². The van der Waals surface area contributed by atoms with Crippen molar-refractivity contribution < 1.29 is 9.15 Å². The number of likely N-dealkylation sites (N-methyl/N-ethyl adjacent to an activating group) is 2. The second kappa shape index (κ2) is 7.64. The summed E-state index contributed by atoms with van der Waals surface area (Å²) in [6.45, 7) is 5.04. The number of nitrogens with one attached hydrogen (secondary N) is 1. The highest BCUT2D eigenvalue weighted by Gasteiger charge is 2.21. The molecular weight excluding hydrogens is 290 g/mol. The van der Waals surface area contributed by atoms with Gasteiger partial charge in [0.25, 0.3) is 5.95 Å². The Morgan fingerprint density at radius 2 is 1.96 bits per heavy atom. The Bertz CT molecular complexity index is 599. The van der Waals surface area contributed by atoms with Crippen LogP contribution in [0.4, 0.5) is 0 Å². The van der Waals surface area contributed by atoms with E-state index in [1.54, 1.807) is 0 Å². The smallest absolute Gasteiger partial charge is 0.290 e. The number of hydrogen-bond donors (Lipinski definition) is 1. The Hall–Kier alpha value is -1.82. The van der Waals surface area contributed by atoms with Crippen molar-refractivity contribution in [2.24, 2.45) is 0 Å². The molecule has 0 spiro atoms. The van der Waals surface area contributed by atoms with Crippen molar-refractivity contribution in [2.45, 2.75) is 12.6 Å². The monoisotopic (exact) mass is 315 g/mol. The van der Waals surface area contributed by atoms with Crippen LogP contribution in [0.2, 0.25) is 0 Å². The highest BCUT2D eigenvalue weighted by Crippen LogP contribution is 2.23. The Morgan fingerprint density at radius 3 is 2.78 bits per heavy atom. The van der Waals surface area contributed by atoms with E-state index in [-0.39, 0.29) is 0 Å². The fraction of sp³-hybridized carbons (Fsp3) is 0.444. The molecule has 1 saturated heterocycles. The summed E-state index contributed by atoms with van der Waals surface area (Å²) in [5.74, 6) is 2.21. The third-order valence-corrected chi connectivity index (χ3v) is 4.26. The average Bonchev–Trinajstić information content (AvgIpc) is 2.99. The van der Waals surface area contributed by atoms with Crippen molar-refractivity contribution in [1.82, 2.24) is 15.1 Å². The molecule has 0 aliphatic carbocycles. The summed E-state index contributed by atoms with van der Waals surface area (Å²) >= 11 is 0. The minimum atomic E-state index is 0.530. The lowest BCUT2D eigenvalue weighted by atomic mass is 10.2. The molecule has 0 amide bonds. The molecule has 1 N–H and O–H groups in total. The van der Waals surface area contributed by atoms with Crippen LogP contribution in [0.15, 0.2) is 46.9 Å². The van der Waals surface area contributed by atoms with Gasteiger partial charge in [0.05, 0.1) is 6.54 Å². The van der Waals surface area contributed by atoms with Gasteiger partial charge in [-0.2, -0.15) is 0 Å². The highest BCUT2D eigenvalue weighted by atomic mass is 16.6. The lowest BCUT2D eigenvalue weighted by Gasteiger charge is -2.37. The third-order valence-electron chi connectivity index (χ3n) is 4.26. The van der Waals surface area contributed by atoms with Crippen LogP contribution < -0.4 is 10.1 Å². The molecule has 3 rings (SSSR count). The molecule has 0 bridgehead atoms. The van der Waals surface area contributed by atoms with E-state index in [0.717, 1.165) is 37.7 Å². The number of benzene rings is 1. The topological polar surface area (TPSA) is 40.9 Å². The maximum Gasteiger partial charge on any atom is 0.290 e. The van der Waals surface area contributed by atoms with Crippen LogP contribution in [-0.2, 0) is 6.54 Å². The standard InChI is InChI=1S/C18H25N3O2/c1-20-10-11-21(2)15(14-20)12-19-13-17-8-9-18(23-17)22-16-6-4-3-5-7-16/h3-9,15,19H,10-14H2,1-2H3. The summed E-state index contributed by atoms with van der Waals surface area (Å²) in [7, 11) is 4.37. The molecule has 0 radical (unpaired) electrons. The normalized spacial score (nSPS) is 19.8. The van der Waals surface area contributed by atoms with Crippen LogP contribution in [-0.4, -0.2) is 56.1 Å². The maximum absolute atomic E-state index is 5.72. The van der Waals surface area contributed by atoms with Gasteiger partial charge in [0.2, 0.25) is 0 Å². The highest BCUT2D eigenvalue weighted by molar-refractivity contribution is 5.26. The lowest BCUT2D eigenvalue weighted by molar-refractivity contribution is 0.113. The number of piperazine rings is 1. The molecular formula is C18H25N3O2. The SMILES string of the molecule is CN1CCN(C)C(CNCc2ccc(Oc3ccccc3)o2)C1. The fourth-order valence-electron chi connectivity index (χ4n) is 2.80. The summed E-state index contributed by atoms with van der Waals surface area (Å²) in [6, 6.07) is 14.0. The molecule has 1 fully saturated rings. The first-order chi connectivity index (χ1) is 11.2. The van der Waals surface area contributed by atoms with Gasteiger partial charge in [-0.25, -0.2) is 0 Å². The second-order valence-electron chi connectivity index (χ2n) is 6.16. The minimum absolute atomic E-state index is 0.530. The molecule has 0 saturated carbocycles. The predicted octanol–water partition coefficient (Wildman–Crippen LogP) is 2.41. The van der Waals surface area contributed by atoms with Crippen molar-refractivity contribution in [3.63, 3.8) is 0 Å². The number of furan rings is 1. The van der Waals surface area contributed by atoms with Crippen molar-refractivity contribution >= 4 is 0 Å². The summed E-state index contributed by atoms with van der Waals surface area (Å²) in [5.41, 5.74) is 0. The van der Waals surface area contributed by atoms with Gasteiger partial charge in [-0.1, -0.05) is 18.2 Å². The van der Waals surface area contributed by atoms with E-state index in [9.17, 15) is 0 Å². The van der Waals surface area contributed by atoms with Crippen molar-refractivity contribution in [3.05, 3.63) is 48.2 Å². The van der Waals surface area contributed by atoms with Crippen molar-refractivity contribution in [1.29, 1.82) is 0 Å². The number of hydrogen-bond acceptors (Lipinski definition) is 5. The predicted molar refractivity (Wildman–Crippen MR) is 90.8 cm³/mol. The Kier molecular flexibility index (Phi) is 5.33. The lowest BCUT2D eigenvalue weighted by Crippen LogP contribution is -2.53. The van der Waals surface area contributed by atoms with Gasteiger partial charge in [-0.05, 0) is 32.3 Å². The molecule has 5 nitrogen and oxygen atoms in total. The fourth-order valence-corrected chi connectivity index (χ4v) is 2.80. The van der Waals surface area contributed by atoms with Crippen molar-refractivity contribution in [3.8, 4) is 11.7 Å². The molecule has 1 unspecified atom stereocenters. The van der Waals surface area contributed by atoms with Gasteiger partial charge in [-0.15, -0.1) is 0 Å². The van der Waals surface area contributed by atoms with E-state index < -0.39 is 0 Å². The third kappa shape index (κ3) is 4.58. The van der Waals surface area contributed by atoms with Gasteiger partial charge in [0.15, 0.2) is 0 Å². The first-order valence-electron chi connectivity index (χ1n) is 8.12. The molecule has 1 atom stereocenters. The first-order valence-corrected chi connectivity index (χ1v) is 8.12.